The van der Waals surface area contributed by atoms with E-state index >= 15 is 0 Å². The highest BCUT2D eigenvalue weighted by Crippen LogP contribution is 2.25. The second-order valence-corrected chi connectivity index (χ2v) is 6.43. The Kier molecular flexibility index (Phi) is 6.25. The van der Waals surface area contributed by atoms with Gasteiger partial charge in [0.25, 0.3) is 0 Å². The number of aromatic nitrogens is 1. The van der Waals surface area contributed by atoms with Gasteiger partial charge < -0.3 is 14.8 Å². The number of nitrogens with zero attached hydrogens (tertiary/aromatic N) is 2. The van der Waals surface area contributed by atoms with Crippen LogP contribution in [0.4, 0.5) is 0 Å². The topological polar surface area (TPSA) is 46.6 Å². The Balaban J connectivity index is 1.46. The Labute approximate surface area is 150 Å². The first-order valence-electron chi connectivity index (χ1n) is 8.85. The predicted octanol–water partition coefficient (Wildman–Crippen LogP) is 2.85. The molecule has 1 saturated heterocycles. The van der Waals surface area contributed by atoms with E-state index in [1.54, 1.807) is 14.2 Å². The molecule has 1 aliphatic rings. The van der Waals surface area contributed by atoms with Gasteiger partial charge in [-0.2, -0.15) is 0 Å². The minimum absolute atomic E-state index is 0.548. The zero-order chi connectivity index (χ0) is 17.5. The SMILES string of the molecule is COc1ccc(CNC2CCN(Cc3ccccn3)CC2)c(OC)c1. The Morgan fingerprint density at radius 2 is 1.96 bits per heavy atom. The lowest BCUT2D eigenvalue weighted by Gasteiger charge is -2.32. The van der Waals surface area contributed by atoms with Crippen LogP contribution in [0.2, 0.25) is 0 Å². The van der Waals surface area contributed by atoms with Gasteiger partial charge in [0, 0.05) is 50.0 Å². The first-order valence-corrected chi connectivity index (χ1v) is 8.85. The van der Waals surface area contributed by atoms with Crippen molar-refractivity contribution in [2.75, 3.05) is 27.3 Å². The van der Waals surface area contributed by atoms with Crippen molar-refractivity contribution in [3.05, 3.63) is 53.9 Å². The third-order valence-corrected chi connectivity index (χ3v) is 4.77. The number of ether oxygens (including phenoxy) is 2. The summed E-state index contributed by atoms with van der Waals surface area (Å²) in [6.07, 6.45) is 4.18. The van der Waals surface area contributed by atoms with Gasteiger partial charge in [-0.15, -0.1) is 0 Å². The molecule has 0 aliphatic carbocycles. The number of nitrogens with one attached hydrogen (secondary N) is 1. The molecule has 0 amide bonds. The van der Waals surface area contributed by atoms with E-state index in [0.29, 0.717) is 6.04 Å². The van der Waals surface area contributed by atoms with Crippen molar-refractivity contribution >= 4 is 0 Å². The van der Waals surface area contributed by atoms with Gasteiger partial charge in [0.2, 0.25) is 0 Å². The average molecular weight is 341 g/mol. The summed E-state index contributed by atoms with van der Waals surface area (Å²) in [5, 5.41) is 3.67. The minimum atomic E-state index is 0.548. The second kappa shape index (κ2) is 8.83. The molecule has 5 nitrogen and oxygen atoms in total. The van der Waals surface area contributed by atoms with E-state index < -0.39 is 0 Å². The summed E-state index contributed by atoms with van der Waals surface area (Å²) in [5.74, 6) is 1.70. The highest BCUT2D eigenvalue weighted by Gasteiger charge is 2.19. The first kappa shape index (κ1) is 17.7. The van der Waals surface area contributed by atoms with Crippen molar-refractivity contribution in [2.24, 2.45) is 0 Å². The number of benzene rings is 1. The summed E-state index contributed by atoms with van der Waals surface area (Å²) in [4.78, 5) is 6.90. The lowest BCUT2D eigenvalue weighted by molar-refractivity contribution is 0.188. The lowest BCUT2D eigenvalue weighted by Crippen LogP contribution is -2.42. The normalized spacial score (nSPS) is 15.9. The molecule has 1 N–H and O–H groups in total. The number of methoxy groups -OCH3 is 2. The Morgan fingerprint density at radius 1 is 1.12 bits per heavy atom. The standard InChI is InChI=1S/C20H27N3O2/c1-24-19-7-6-16(20(13-19)25-2)14-22-17-8-11-23(12-9-17)15-18-5-3-4-10-21-18/h3-7,10,13,17,22H,8-9,11-12,14-15H2,1-2H3. The fourth-order valence-corrected chi connectivity index (χ4v) is 3.27. The van der Waals surface area contributed by atoms with Crippen LogP contribution >= 0.6 is 0 Å². The van der Waals surface area contributed by atoms with E-state index in [0.717, 1.165) is 56.2 Å². The van der Waals surface area contributed by atoms with E-state index in [1.807, 2.05) is 24.4 Å². The number of hydrogen-bond donors (Lipinski definition) is 1. The van der Waals surface area contributed by atoms with E-state index in [9.17, 15) is 0 Å². The van der Waals surface area contributed by atoms with Gasteiger partial charge in [-0.25, -0.2) is 0 Å². The Hall–Kier alpha value is -2.11. The maximum atomic E-state index is 5.48. The van der Waals surface area contributed by atoms with Gasteiger partial charge >= 0.3 is 0 Å². The molecule has 25 heavy (non-hydrogen) atoms. The number of hydrogen-bond acceptors (Lipinski definition) is 5. The molecule has 1 aromatic heterocycles. The molecule has 1 aliphatic heterocycles. The van der Waals surface area contributed by atoms with Crippen LogP contribution < -0.4 is 14.8 Å². The zero-order valence-electron chi connectivity index (χ0n) is 15.1. The van der Waals surface area contributed by atoms with E-state index in [2.05, 4.69) is 33.4 Å². The molecule has 0 radical (unpaired) electrons. The maximum absolute atomic E-state index is 5.48. The van der Waals surface area contributed by atoms with Crippen molar-refractivity contribution in [3.8, 4) is 11.5 Å². The van der Waals surface area contributed by atoms with Crippen LogP contribution in [0.3, 0.4) is 0 Å². The van der Waals surface area contributed by atoms with Crippen LogP contribution in [-0.4, -0.2) is 43.2 Å². The van der Waals surface area contributed by atoms with Crippen LogP contribution in [-0.2, 0) is 13.1 Å². The van der Waals surface area contributed by atoms with Crippen molar-refractivity contribution in [2.45, 2.75) is 32.0 Å². The highest BCUT2D eigenvalue weighted by atomic mass is 16.5. The Bertz CT molecular complexity index is 655. The van der Waals surface area contributed by atoms with Crippen LogP contribution in [0.15, 0.2) is 42.6 Å². The number of piperidine rings is 1. The molecule has 0 bridgehead atoms. The van der Waals surface area contributed by atoms with Gasteiger partial charge in [-0.05, 0) is 31.0 Å². The summed E-state index contributed by atoms with van der Waals surface area (Å²) in [5.41, 5.74) is 2.32. The zero-order valence-corrected chi connectivity index (χ0v) is 15.1. The third kappa shape index (κ3) is 4.94. The van der Waals surface area contributed by atoms with Crippen molar-refractivity contribution in [3.63, 3.8) is 0 Å². The van der Waals surface area contributed by atoms with Crippen molar-refractivity contribution < 1.29 is 9.47 Å². The van der Waals surface area contributed by atoms with E-state index in [-0.39, 0.29) is 0 Å². The summed E-state index contributed by atoms with van der Waals surface area (Å²) in [6.45, 7) is 3.97. The molecule has 0 unspecified atom stereocenters. The Morgan fingerprint density at radius 3 is 2.64 bits per heavy atom. The molecule has 2 aromatic rings. The molecule has 3 rings (SSSR count). The van der Waals surface area contributed by atoms with Crippen LogP contribution in [0, 0.1) is 0 Å². The second-order valence-electron chi connectivity index (χ2n) is 6.43. The quantitative estimate of drug-likeness (QED) is 0.839. The minimum Gasteiger partial charge on any atom is -0.497 e. The average Bonchev–Trinajstić information content (AvgIpc) is 2.68. The van der Waals surface area contributed by atoms with Crippen molar-refractivity contribution in [1.82, 2.24) is 15.2 Å². The molecule has 0 spiro atoms. The number of likely N-dealkylation sites (tertiary alicyclic amines) is 1. The molecular weight excluding hydrogens is 314 g/mol. The lowest BCUT2D eigenvalue weighted by atomic mass is 10.0. The van der Waals surface area contributed by atoms with Crippen LogP contribution in [0.5, 0.6) is 11.5 Å². The largest absolute Gasteiger partial charge is 0.497 e. The smallest absolute Gasteiger partial charge is 0.127 e. The highest BCUT2D eigenvalue weighted by molar-refractivity contribution is 5.40. The van der Waals surface area contributed by atoms with Gasteiger partial charge in [0.05, 0.1) is 19.9 Å². The molecule has 134 valence electrons. The van der Waals surface area contributed by atoms with E-state index in [1.165, 1.54) is 5.56 Å². The monoisotopic (exact) mass is 341 g/mol. The molecule has 1 fully saturated rings. The number of rotatable bonds is 7. The molecular formula is C20H27N3O2. The van der Waals surface area contributed by atoms with Gasteiger partial charge in [0.15, 0.2) is 0 Å². The summed E-state index contributed by atoms with van der Waals surface area (Å²) < 4.78 is 10.7. The van der Waals surface area contributed by atoms with E-state index in [4.69, 9.17) is 9.47 Å². The summed E-state index contributed by atoms with van der Waals surface area (Å²) in [7, 11) is 3.37. The molecule has 2 heterocycles. The first-order chi connectivity index (χ1) is 12.3. The number of pyridine rings is 1. The summed E-state index contributed by atoms with van der Waals surface area (Å²) >= 11 is 0. The van der Waals surface area contributed by atoms with Gasteiger partial charge in [-0.1, -0.05) is 12.1 Å². The fourth-order valence-electron chi connectivity index (χ4n) is 3.27. The van der Waals surface area contributed by atoms with Crippen LogP contribution in [0.1, 0.15) is 24.1 Å². The van der Waals surface area contributed by atoms with Gasteiger partial charge in [-0.3, -0.25) is 9.88 Å². The predicted molar refractivity (Wildman–Crippen MR) is 98.9 cm³/mol. The fraction of sp³-hybridized carbons (Fsp3) is 0.450. The molecule has 0 atom stereocenters. The van der Waals surface area contributed by atoms with Crippen molar-refractivity contribution in [1.29, 1.82) is 0 Å². The molecule has 5 heteroatoms. The molecule has 1 aromatic carbocycles. The maximum Gasteiger partial charge on any atom is 0.127 e. The third-order valence-electron chi connectivity index (χ3n) is 4.77. The summed E-state index contributed by atoms with van der Waals surface area (Å²) in [6, 6.07) is 12.7. The van der Waals surface area contributed by atoms with Gasteiger partial charge in [0.1, 0.15) is 11.5 Å². The molecule has 0 saturated carbocycles. The van der Waals surface area contributed by atoms with Crippen LogP contribution in [0.25, 0.3) is 0 Å².